The quantitative estimate of drug-likeness (QED) is 0.575. The van der Waals surface area contributed by atoms with E-state index in [2.05, 4.69) is 21.0 Å². The van der Waals surface area contributed by atoms with Crippen LogP contribution in [-0.2, 0) is 0 Å². The highest BCUT2D eigenvalue weighted by Gasteiger charge is 2.45. The fourth-order valence-corrected chi connectivity index (χ4v) is 2.81. The van der Waals surface area contributed by atoms with Gasteiger partial charge in [-0.1, -0.05) is 57.9 Å². The zero-order valence-electron chi connectivity index (χ0n) is 9.72. The maximum Gasteiger partial charge on any atom is 0.168 e. The Morgan fingerprint density at radius 3 is 2.78 bits per heavy atom. The van der Waals surface area contributed by atoms with Gasteiger partial charge >= 0.3 is 0 Å². The van der Waals surface area contributed by atoms with Crippen molar-refractivity contribution in [2.24, 2.45) is 10.1 Å². The molecular formula is C13H11BrClN3. The number of allylic oxidation sites excluding steroid dienone is 1. The van der Waals surface area contributed by atoms with E-state index in [4.69, 9.17) is 16.6 Å². The molecule has 2 unspecified atom stereocenters. The third kappa shape index (κ3) is 1.71. The van der Waals surface area contributed by atoms with Gasteiger partial charge in [0.15, 0.2) is 5.66 Å². The van der Waals surface area contributed by atoms with E-state index in [-0.39, 0.29) is 4.83 Å². The van der Waals surface area contributed by atoms with Crippen molar-refractivity contribution in [2.75, 3.05) is 0 Å². The first-order valence-electron chi connectivity index (χ1n) is 5.62. The largest absolute Gasteiger partial charge is 0.253 e. The van der Waals surface area contributed by atoms with Gasteiger partial charge in [-0.25, -0.2) is 5.01 Å². The number of fused-ring (bicyclic) bond motifs is 1. The van der Waals surface area contributed by atoms with Gasteiger partial charge in [0.2, 0.25) is 0 Å². The first-order chi connectivity index (χ1) is 8.61. The van der Waals surface area contributed by atoms with Gasteiger partial charge in [0, 0.05) is 12.3 Å². The molecule has 92 valence electrons. The van der Waals surface area contributed by atoms with Crippen molar-refractivity contribution in [3.63, 3.8) is 0 Å². The van der Waals surface area contributed by atoms with E-state index < -0.39 is 5.66 Å². The number of hydrogen-bond donors (Lipinski definition) is 0. The van der Waals surface area contributed by atoms with Crippen LogP contribution in [0.5, 0.6) is 0 Å². The summed E-state index contributed by atoms with van der Waals surface area (Å²) >= 11 is 9.87. The van der Waals surface area contributed by atoms with E-state index in [1.165, 1.54) is 0 Å². The van der Waals surface area contributed by atoms with Crippen LogP contribution in [-0.4, -0.2) is 27.4 Å². The lowest BCUT2D eigenvalue weighted by atomic mass is 10.0. The summed E-state index contributed by atoms with van der Waals surface area (Å²) in [5.41, 5.74) is 1.45. The molecule has 1 aromatic rings. The number of halogens is 2. The Kier molecular flexibility index (Phi) is 2.79. The number of benzene rings is 1. The summed E-state index contributed by atoms with van der Waals surface area (Å²) in [6.07, 6.45) is 3.66. The summed E-state index contributed by atoms with van der Waals surface area (Å²) in [5, 5.41) is 6.60. The van der Waals surface area contributed by atoms with E-state index in [9.17, 15) is 0 Å². The van der Waals surface area contributed by atoms with Crippen LogP contribution in [0.25, 0.3) is 0 Å². The molecule has 0 N–H and O–H groups in total. The van der Waals surface area contributed by atoms with E-state index in [0.717, 1.165) is 11.3 Å². The average molecular weight is 325 g/mol. The Morgan fingerprint density at radius 2 is 2.06 bits per heavy atom. The predicted molar refractivity (Wildman–Crippen MR) is 78.4 cm³/mol. The highest BCUT2D eigenvalue weighted by molar-refractivity contribution is 9.10. The fraction of sp³-hybridized carbons (Fsp3) is 0.231. The molecule has 0 saturated carbocycles. The summed E-state index contributed by atoms with van der Waals surface area (Å²) in [6.45, 7) is 2.01. The Bertz CT molecular complexity index is 567. The van der Waals surface area contributed by atoms with Gasteiger partial charge in [0.05, 0.1) is 10.5 Å². The first-order valence-corrected chi connectivity index (χ1v) is 6.91. The summed E-state index contributed by atoms with van der Waals surface area (Å²) in [6, 6.07) is 10.0. The molecule has 0 aliphatic carbocycles. The predicted octanol–water partition coefficient (Wildman–Crippen LogP) is 3.35. The molecule has 0 radical (unpaired) electrons. The average Bonchev–Trinajstić information content (AvgIpc) is 2.67. The first kappa shape index (κ1) is 11.9. The van der Waals surface area contributed by atoms with Gasteiger partial charge in [0.25, 0.3) is 0 Å². The molecule has 0 fully saturated rings. The van der Waals surface area contributed by atoms with Gasteiger partial charge in [0.1, 0.15) is 5.16 Å². The molecule has 1 aromatic carbocycles. The normalized spacial score (nSPS) is 29.9. The van der Waals surface area contributed by atoms with Crippen LogP contribution in [0.4, 0.5) is 0 Å². The summed E-state index contributed by atoms with van der Waals surface area (Å²) in [7, 11) is 0. The molecule has 3 rings (SSSR count). The maximum absolute atomic E-state index is 6.29. The maximum atomic E-state index is 6.29. The minimum Gasteiger partial charge on any atom is -0.253 e. The van der Waals surface area contributed by atoms with Crippen molar-refractivity contribution in [2.45, 2.75) is 17.4 Å². The highest BCUT2D eigenvalue weighted by atomic mass is 79.9. The minimum atomic E-state index is -0.489. The second kappa shape index (κ2) is 4.21. The Labute approximate surface area is 119 Å². The number of rotatable bonds is 1. The smallest absolute Gasteiger partial charge is 0.168 e. The van der Waals surface area contributed by atoms with Crippen molar-refractivity contribution in [1.29, 1.82) is 0 Å². The van der Waals surface area contributed by atoms with E-state index in [1.54, 1.807) is 5.01 Å². The number of nitrogens with zero attached hydrogens (tertiary/aromatic N) is 3. The van der Waals surface area contributed by atoms with Crippen molar-refractivity contribution in [3.8, 4) is 0 Å². The zero-order chi connectivity index (χ0) is 12.8. The van der Waals surface area contributed by atoms with Gasteiger partial charge in [-0.3, -0.25) is 4.99 Å². The summed E-state index contributed by atoms with van der Waals surface area (Å²) in [4.78, 5) is 4.83. The lowest BCUT2D eigenvalue weighted by Crippen LogP contribution is -2.45. The molecule has 0 amide bonds. The summed E-state index contributed by atoms with van der Waals surface area (Å²) < 4.78 is 0. The highest BCUT2D eigenvalue weighted by Crippen LogP contribution is 2.38. The zero-order valence-corrected chi connectivity index (χ0v) is 12.1. The molecule has 2 aliphatic rings. The number of hydrazone groups is 1. The molecule has 2 aliphatic heterocycles. The van der Waals surface area contributed by atoms with Gasteiger partial charge in [-0.05, 0) is 12.5 Å². The van der Waals surface area contributed by atoms with Crippen molar-refractivity contribution >= 4 is 39.5 Å². The van der Waals surface area contributed by atoms with Crippen LogP contribution in [0.2, 0.25) is 0 Å². The third-order valence-corrected chi connectivity index (χ3v) is 4.51. The van der Waals surface area contributed by atoms with Crippen molar-refractivity contribution in [3.05, 3.63) is 47.1 Å². The molecule has 18 heavy (non-hydrogen) atoms. The van der Waals surface area contributed by atoms with Crippen LogP contribution >= 0.6 is 27.5 Å². The number of hydrogen-bond acceptors (Lipinski definition) is 3. The Hall–Kier alpha value is -1.13. The van der Waals surface area contributed by atoms with Gasteiger partial charge in [-0.2, -0.15) is 5.10 Å². The lowest BCUT2D eigenvalue weighted by molar-refractivity contribution is 0.208. The minimum absolute atomic E-state index is 0.0474. The SMILES string of the molecule is CC12N=C(c3ccccc3)C=C(Cl)N1N=CC2Br. The summed E-state index contributed by atoms with van der Waals surface area (Å²) in [5.74, 6) is 0. The Morgan fingerprint density at radius 1 is 1.33 bits per heavy atom. The van der Waals surface area contributed by atoms with E-state index >= 15 is 0 Å². The van der Waals surface area contributed by atoms with Crippen LogP contribution < -0.4 is 0 Å². The lowest BCUT2D eigenvalue weighted by Gasteiger charge is -2.35. The van der Waals surface area contributed by atoms with E-state index in [0.29, 0.717) is 5.16 Å². The fourth-order valence-electron chi connectivity index (χ4n) is 2.09. The van der Waals surface area contributed by atoms with Crippen molar-refractivity contribution in [1.82, 2.24) is 5.01 Å². The molecule has 2 heterocycles. The molecule has 0 bridgehead atoms. The van der Waals surface area contributed by atoms with Gasteiger partial charge in [-0.15, -0.1) is 0 Å². The molecule has 0 spiro atoms. The van der Waals surface area contributed by atoms with E-state index in [1.807, 2.05) is 49.5 Å². The van der Waals surface area contributed by atoms with Crippen LogP contribution in [0.15, 0.2) is 51.7 Å². The number of aliphatic imine (C=N–C) groups is 1. The standard InChI is InChI=1S/C13H11BrClN3/c1-13-11(14)8-16-18(13)12(15)7-10(17-13)9-5-3-2-4-6-9/h2-8,11H,1H3. The van der Waals surface area contributed by atoms with Crippen molar-refractivity contribution < 1.29 is 0 Å². The molecular weight excluding hydrogens is 314 g/mol. The molecule has 2 atom stereocenters. The molecule has 5 heteroatoms. The van der Waals surface area contributed by atoms with Crippen LogP contribution in [0.3, 0.4) is 0 Å². The molecule has 0 aromatic heterocycles. The second-order valence-corrected chi connectivity index (χ2v) is 5.78. The monoisotopic (exact) mass is 323 g/mol. The third-order valence-electron chi connectivity index (χ3n) is 3.14. The number of alkyl halides is 1. The molecule has 0 saturated heterocycles. The molecule has 3 nitrogen and oxygen atoms in total. The topological polar surface area (TPSA) is 28.0 Å². The second-order valence-electron chi connectivity index (χ2n) is 4.40. The van der Waals surface area contributed by atoms with Gasteiger partial charge < -0.3 is 0 Å². The van der Waals surface area contributed by atoms with Crippen LogP contribution in [0.1, 0.15) is 12.5 Å². The Balaban J connectivity index is 2.08. The van der Waals surface area contributed by atoms with Crippen LogP contribution in [0, 0.1) is 0 Å².